The van der Waals surface area contributed by atoms with E-state index in [-0.39, 0.29) is 0 Å². The molecule has 0 aliphatic rings. The molecule has 0 amide bonds. The molecule has 0 bridgehead atoms. The third-order valence-corrected chi connectivity index (χ3v) is 1.25. The number of nitrogens with zero attached hydrogens (tertiary/aromatic N) is 3. The van der Waals surface area contributed by atoms with Crippen LogP contribution in [0, 0.1) is 6.92 Å². The molecule has 1 heterocycles. The first-order valence-corrected chi connectivity index (χ1v) is 2.91. The molecule has 0 unspecified atom stereocenters. The minimum Gasteiger partial charge on any atom is -0.411 e. The first kappa shape index (κ1) is 6.80. The van der Waals surface area contributed by atoms with Gasteiger partial charge in [0, 0.05) is 18.8 Å². The fourth-order valence-electron chi connectivity index (χ4n) is 0.807. The Morgan fingerprint density at radius 3 is 2.90 bits per heavy atom. The number of hydrogen-bond donors (Lipinski definition) is 1. The monoisotopic (exact) mass is 139 g/mol. The van der Waals surface area contributed by atoms with Crippen LogP contribution in [0.5, 0.6) is 0 Å². The Morgan fingerprint density at radius 2 is 2.50 bits per heavy atom. The van der Waals surface area contributed by atoms with Crippen molar-refractivity contribution in [1.82, 2.24) is 9.78 Å². The van der Waals surface area contributed by atoms with E-state index >= 15 is 0 Å². The maximum absolute atomic E-state index is 8.19. The zero-order valence-electron chi connectivity index (χ0n) is 5.94. The van der Waals surface area contributed by atoms with Gasteiger partial charge < -0.3 is 5.21 Å². The third kappa shape index (κ3) is 1.15. The first-order valence-electron chi connectivity index (χ1n) is 2.91. The van der Waals surface area contributed by atoms with Gasteiger partial charge in [0.05, 0.1) is 11.9 Å². The lowest BCUT2D eigenvalue weighted by atomic mass is 10.3. The van der Waals surface area contributed by atoms with Crippen molar-refractivity contribution < 1.29 is 5.21 Å². The number of aryl methyl sites for hydroxylation is 2. The maximum atomic E-state index is 8.19. The molecular weight excluding hydrogens is 130 g/mol. The minimum atomic E-state index is 0.838. The SMILES string of the molecule is Cc1nn(C)cc1/C=N\O. The average Bonchev–Trinajstić information content (AvgIpc) is 2.13. The van der Waals surface area contributed by atoms with E-state index in [1.54, 1.807) is 10.9 Å². The Morgan fingerprint density at radius 1 is 1.80 bits per heavy atom. The van der Waals surface area contributed by atoms with E-state index < -0.39 is 0 Å². The molecule has 0 aliphatic carbocycles. The number of hydrogen-bond acceptors (Lipinski definition) is 3. The van der Waals surface area contributed by atoms with Crippen molar-refractivity contribution in [2.45, 2.75) is 6.92 Å². The third-order valence-electron chi connectivity index (χ3n) is 1.25. The van der Waals surface area contributed by atoms with Gasteiger partial charge in [-0.05, 0) is 6.92 Å². The Kier molecular flexibility index (Phi) is 1.71. The lowest BCUT2D eigenvalue weighted by molar-refractivity contribution is 0.322. The van der Waals surface area contributed by atoms with Gasteiger partial charge in [-0.1, -0.05) is 5.16 Å². The fraction of sp³-hybridized carbons (Fsp3) is 0.333. The van der Waals surface area contributed by atoms with Crippen molar-refractivity contribution in [3.63, 3.8) is 0 Å². The summed E-state index contributed by atoms with van der Waals surface area (Å²) in [6.45, 7) is 1.86. The van der Waals surface area contributed by atoms with E-state index in [0.29, 0.717) is 0 Å². The van der Waals surface area contributed by atoms with Crippen LogP contribution in [0.1, 0.15) is 11.3 Å². The van der Waals surface area contributed by atoms with Crippen LogP contribution in [-0.4, -0.2) is 21.2 Å². The van der Waals surface area contributed by atoms with Crippen LogP contribution in [-0.2, 0) is 7.05 Å². The summed E-state index contributed by atoms with van der Waals surface area (Å²) in [5, 5.41) is 15.1. The van der Waals surface area contributed by atoms with Crippen molar-refractivity contribution in [2.75, 3.05) is 0 Å². The second-order valence-corrected chi connectivity index (χ2v) is 2.09. The standard InChI is InChI=1S/C6H9N3O/c1-5-6(3-7-10)4-9(2)8-5/h3-4,10H,1-2H3/b7-3-. The molecule has 10 heavy (non-hydrogen) atoms. The molecule has 0 atom stereocenters. The molecule has 4 nitrogen and oxygen atoms in total. The molecule has 54 valence electrons. The molecule has 0 aliphatic heterocycles. The van der Waals surface area contributed by atoms with Gasteiger partial charge in [0.15, 0.2) is 0 Å². The molecule has 0 radical (unpaired) electrons. The van der Waals surface area contributed by atoms with Crippen LogP contribution in [0.4, 0.5) is 0 Å². The average molecular weight is 139 g/mol. The smallest absolute Gasteiger partial charge is 0.0768 e. The summed E-state index contributed by atoms with van der Waals surface area (Å²) in [7, 11) is 1.82. The van der Waals surface area contributed by atoms with Crippen LogP contribution in [0.3, 0.4) is 0 Å². The van der Waals surface area contributed by atoms with Gasteiger partial charge >= 0.3 is 0 Å². The van der Waals surface area contributed by atoms with Gasteiger partial charge in [0.1, 0.15) is 0 Å². The molecule has 1 N–H and O–H groups in total. The van der Waals surface area contributed by atoms with E-state index in [2.05, 4.69) is 10.3 Å². The molecule has 0 aromatic carbocycles. The van der Waals surface area contributed by atoms with Gasteiger partial charge in [-0.3, -0.25) is 4.68 Å². The van der Waals surface area contributed by atoms with E-state index in [1.807, 2.05) is 14.0 Å². The Bertz CT molecular complexity index is 251. The highest BCUT2D eigenvalue weighted by molar-refractivity contribution is 5.79. The number of aromatic nitrogens is 2. The molecule has 0 saturated heterocycles. The Hall–Kier alpha value is -1.32. The minimum absolute atomic E-state index is 0.838. The van der Waals surface area contributed by atoms with E-state index in [0.717, 1.165) is 11.3 Å². The van der Waals surface area contributed by atoms with Crippen molar-refractivity contribution in [3.05, 3.63) is 17.5 Å². The summed E-state index contributed by atoms with van der Waals surface area (Å²) in [5.74, 6) is 0. The second kappa shape index (κ2) is 2.51. The van der Waals surface area contributed by atoms with Crippen molar-refractivity contribution in [2.24, 2.45) is 12.2 Å². The number of oxime groups is 1. The largest absolute Gasteiger partial charge is 0.411 e. The highest BCUT2D eigenvalue weighted by Crippen LogP contribution is 1.99. The summed E-state index contributed by atoms with van der Waals surface area (Å²) >= 11 is 0. The summed E-state index contributed by atoms with van der Waals surface area (Å²) in [5.41, 5.74) is 1.70. The maximum Gasteiger partial charge on any atom is 0.0768 e. The molecule has 1 rings (SSSR count). The molecule has 1 aromatic rings. The molecule has 0 spiro atoms. The zero-order valence-corrected chi connectivity index (χ0v) is 5.94. The lowest BCUT2D eigenvalue weighted by Gasteiger charge is -1.80. The van der Waals surface area contributed by atoms with Crippen molar-refractivity contribution in [3.8, 4) is 0 Å². The van der Waals surface area contributed by atoms with E-state index in [9.17, 15) is 0 Å². The van der Waals surface area contributed by atoms with Crippen molar-refractivity contribution in [1.29, 1.82) is 0 Å². The normalized spacial score (nSPS) is 11.0. The summed E-state index contributed by atoms with van der Waals surface area (Å²) < 4.78 is 1.67. The van der Waals surface area contributed by atoms with Gasteiger partial charge in [0.25, 0.3) is 0 Å². The van der Waals surface area contributed by atoms with Crippen molar-refractivity contribution >= 4 is 6.21 Å². The Balaban J connectivity index is 3.03. The van der Waals surface area contributed by atoms with Gasteiger partial charge in [0.2, 0.25) is 0 Å². The van der Waals surface area contributed by atoms with E-state index in [4.69, 9.17) is 5.21 Å². The van der Waals surface area contributed by atoms with Crippen LogP contribution in [0.2, 0.25) is 0 Å². The zero-order chi connectivity index (χ0) is 7.56. The molecule has 0 fully saturated rings. The first-order chi connectivity index (χ1) is 4.74. The van der Waals surface area contributed by atoms with Gasteiger partial charge in [-0.2, -0.15) is 5.10 Å². The summed E-state index contributed by atoms with van der Waals surface area (Å²) in [6, 6.07) is 0. The van der Waals surface area contributed by atoms with Crippen LogP contribution >= 0.6 is 0 Å². The highest BCUT2D eigenvalue weighted by Gasteiger charge is 1.97. The van der Waals surface area contributed by atoms with Crippen LogP contribution in [0.15, 0.2) is 11.4 Å². The lowest BCUT2D eigenvalue weighted by Crippen LogP contribution is -1.86. The van der Waals surface area contributed by atoms with Gasteiger partial charge in [-0.25, -0.2) is 0 Å². The fourth-order valence-corrected chi connectivity index (χ4v) is 0.807. The quantitative estimate of drug-likeness (QED) is 0.350. The van der Waals surface area contributed by atoms with Crippen LogP contribution in [0.25, 0.3) is 0 Å². The predicted octanol–water partition coefficient (Wildman–Crippen LogP) is 0.537. The molecule has 4 heteroatoms. The van der Waals surface area contributed by atoms with Crippen LogP contribution < -0.4 is 0 Å². The Labute approximate surface area is 58.8 Å². The second-order valence-electron chi connectivity index (χ2n) is 2.09. The molecular formula is C6H9N3O. The van der Waals surface area contributed by atoms with E-state index in [1.165, 1.54) is 6.21 Å². The predicted molar refractivity (Wildman–Crippen MR) is 37.3 cm³/mol. The summed E-state index contributed by atoms with van der Waals surface area (Å²) in [6.07, 6.45) is 3.15. The van der Waals surface area contributed by atoms with Gasteiger partial charge in [-0.15, -0.1) is 0 Å². The molecule has 0 saturated carbocycles. The summed E-state index contributed by atoms with van der Waals surface area (Å²) in [4.78, 5) is 0. The molecule has 1 aromatic heterocycles. The topological polar surface area (TPSA) is 50.4 Å². The number of rotatable bonds is 1. The highest BCUT2D eigenvalue weighted by atomic mass is 16.4.